The summed E-state index contributed by atoms with van der Waals surface area (Å²) in [5.41, 5.74) is 0.237. The first-order valence-electron chi connectivity index (χ1n) is 5.41. The van der Waals surface area contributed by atoms with Crippen molar-refractivity contribution in [1.82, 2.24) is 4.98 Å². The van der Waals surface area contributed by atoms with Gasteiger partial charge < -0.3 is 14.2 Å². The molecule has 20 heavy (non-hydrogen) atoms. The molecule has 0 atom stereocenters. The molecule has 0 radical (unpaired) electrons. The molecule has 5 nitrogen and oxygen atoms in total. The highest BCUT2D eigenvalue weighted by Gasteiger charge is 2.34. The van der Waals surface area contributed by atoms with Gasteiger partial charge in [-0.2, -0.15) is 0 Å². The summed E-state index contributed by atoms with van der Waals surface area (Å²) in [5, 5.41) is 0. The molecule has 0 fully saturated rings. The Morgan fingerprint density at radius 1 is 1.45 bits per heavy atom. The van der Waals surface area contributed by atoms with Crippen molar-refractivity contribution in [3.8, 4) is 11.6 Å². The Hall–Kier alpha value is -1.26. The van der Waals surface area contributed by atoms with Crippen molar-refractivity contribution in [2.75, 3.05) is 13.7 Å². The smallest absolute Gasteiger partial charge is 0.491 e. The Kier molecular flexibility index (Phi) is 5.84. The van der Waals surface area contributed by atoms with Gasteiger partial charge in [0.2, 0.25) is 0 Å². The van der Waals surface area contributed by atoms with Crippen molar-refractivity contribution < 1.29 is 32.2 Å². The monoisotopic (exact) mass is 405 g/mol. The molecule has 0 amide bonds. The molecule has 112 valence electrons. The van der Waals surface area contributed by atoms with Crippen LogP contribution in [0, 0.1) is 3.57 Å². The summed E-state index contributed by atoms with van der Waals surface area (Å²) >= 11 is 1.84. The second kappa shape index (κ2) is 6.95. The lowest BCUT2D eigenvalue weighted by Gasteiger charge is -2.15. The third-order valence-corrected chi connectivity index (χ3v) is 3.02. The Morgan fingerprint density at radius 2 is 2.10 bits per heavy atom. The van der Waals surface area contributed by atoms with Gasteiger partial charge in [-0.05, 0) is 29.5 Å². The van der Waals surface area contributed by atoms with Crippen molar-refractivity contribution in [2.24, 2.45) is 0 Å². The molecule has 0 spiro atoms. The van der Waals surface area contributed by atoms with Crippen LogP contribution >= 0.6 is 22.6 Å². The minimum Gasteiger partial charge on any atom is -0.491 e. The van der Waals surface area contributed by atoms with Gasteiger partial charge in [0, 0.05) is 15.3 Å². The summed E-state index contributed by atoms with van der Waals surface area (Å²) in [4.78, 5) is 15.0. The van der Waals surface area contributed by atoms with Gasteiger partial charge in [-0.3, -0.25) is 4.79 Å². The normalized spacial score (nSPS) is 11.1. The molecule has 0 saturated carbocycles. The molecular weight excluding hydrogens is 394 g/mol. The van der Waals surface area contributed by atoms with Gasteiger partial charge >= 0.3 is 12.3 Å². The Bertz CT molecular complexity index is 493. The van der Waals surface area contributed by atoms with Crippen molar-refractivity contribution in [2.45, 2.75) is 19.7 Å². The molecule has 0 aromatic carbocycles. The Labute approximate surface area is 126 Å². The average molecular weight is 405 g/mol. The van der Waals surface area contributed by atoms with Crippen LogP contribution in [0.1, 0.15) is 12.5 Å². The zero-order valence-electron chi connectivity index (χ0n) is 10.6. The zero-order valence-corrected chi connectivity index (χ0v) is 12.7. The zero-order chi connectivity index (χ0) is 15.3. The van der Waals surface area contributed by atoms with Crippen LogP contribution in [0.5, 0.6) is 11.6 Å². The highest BCUT2D eigenvalue weighted by molar-refractivity contribution is 14.1. The molecular formula is C11H11F3INO4. The summed E-state index contributed by atoms with van der Waals surface area (Å²) in [7, 11) is 1.17. The van der Waals surface area contributed by atoms with E-state index in [1.165, 1.54) is 13.3 Å². The number of esters is 1. The quantitative estimate of drug-likeness (QED) is 0.557. The minimum absolute atomic E-state index is 0.175. The fourth-order valence-corrected chi connectivity index (χ4v) is 1.98. The van der Waals surface area contributed by atoms with Crippen LogP contribution in [0.3, 0.4) is 0 Å². The number of pyridine rings is 1. The second-order valence-electron chi connectivity index (χ2n) is 3.45. The summed E-state index contributed by atoms with van der Waals surface area (Å²) in [5.74, 6) is -1.55. The van der Waals surface area contributed by atoms with Crippen molar-refractivity contribution in [1.29, 1.82) is 0 Å². The highest BCUT2D eigenvalue weighted by Crippen LogP contribution is 2.35. The van der Waals surface area contributed by atoms with Gasteiger partial charge in [0.05, 0.1) is 20.1 Å². The van der Waals surface area contributed by atoms with Gasteiger partial charge in [0.15, 0.2) is 5.75 Å². The average Bonchev–Trinajstić information content (AvgIpc) is 2.32. The van der Waals surface area contributed by atoms with E-state index in [0.717, 1.165) is 0 Å². The number of ether oxygens (including phenoxy) is 3. The first-order chi connectivity index (χ1) is 9.28. The number of halogens is 4. The number of carbonyl (C=O) groups is 1. The summed E-state index contributed by atoms with van der Waals surface area (Å²) in [6, 6.07) is 0. The molecule has 0 unspecified atom stereocenters. The van der Waals surface area contributed by atoms with Gasteiger partial charge in [0.1, 0.15) is 0 Å². The molecule has 1 rings (SSSR count). The highest BCUT2D eigenvalue weighted by atomic mass is 127. The molecule has 0 N–H and O–H groups in total. The Balaban J connectivity index is 3.14. The van der Waals surface area contributed by atoms with Gasteiger partial charge in [-0.25, -0.2) is 4.98 Å². The van der Waals surface area contributed by atoms with Crippen LogP contribution in [0.15, 0.2) is 6.20 Å². The van der Waals surface area contributed by atoms with E-state index in [-0.39, 0.29) is 24.3 Å². The maximum absolute atomic E-state index is 12.3. The molecule has 1 aromatic rings. The number of methoxy groups -OCH3 is 1. The summed E-state index contributed by atoms with van der Waals surface area (Å²) in [6.07, 6.45) is -3.96. The van der Waals surface area contributed by atoms with E-state index in [1.54, 1.807) is 6.92 Å². The Morgan fingerprint density at radius 3 is 2.60 bits per heavy atom. The molecule has 9 heteroatoms. The summed E-state index contributed by atoms with van der Waals surface area (Å²) in [6.45, 7) is 1.81. The fraction of sp³-hybridized carbons (Fsp3) is 0.455. The summed E-state index contributed by atoms with van der Waals surface area (Å²) < 4.78 is 50.7. The van der Waals surface area contributed by atoms with Gasteiger partial charge in [-0.1, -0.05) is 0 Å². The van der Waals surface area contributed by atoms with Crippen LogP contribution in [0.25, 0.3) is 0 Å². The molecule has 0 aliphatic heterocycles. The number of rotatable bonds is 5. The van der Waals surface area contributed by atoms with Gasteiger partial charge in [-0.15, -0.1) is 13.2 Å². The first-order valence-corrected chi connectivity index (χ1v) is 6.49. The first kappa shape index (κ1) is 16.8. The van der Waals surface area contributed by atoms with Gasteiger partial charge in [0.25, 0.3) is 5.88 Å². The molecule has 0 saturated heterocycles. The largest absolute Gasteiger partial charge is 0.574 e. The molecule has 0 bridgehead atoms. The van der Waals surface area contributed by atoms with Crippen LogP contribution < -0.4 is 9.47 Å². The van der Waals surface area contributed by atoms with Crippen molar-refractivity contribution >= 4 is 28.6 Å². The van der Waals surface area contributed by atoms with E-state index in [9.17, 15) is 18.0 Å². The topological polar surface area (TPSA) is 57.7 Å². The predicted molar refractivity (Wildman–Crippen MR) is 70.5 cm³/mol. The van der Waals surface area contributed by atoms with E-state index < -0.39 is 18.2 Å². The maximum Gasteiger partial charge on any atom is 0.574 e. The molecule has 0 aliphatic carbocycles. The SMILES string of the molecule is CCOC(=O)Cc1c(I)cnc(OC(F)(F)F)c1OC. The van der Waals surface area contributed by atoms with Crippen LogP contribution in [0.4, 0.5) is 13.2 Å². The lowest BCUT2D eigenvalue weighted by molar-refractivity contribution is -0.276. The van der Waals surface area contributed by atoms with Crippen LogP contribution in [-0.4, -0.2) is 31.0 Å². The minimum atomic E-state index is -4.89. The van der Waals surface area contributed by atoms with E-state index in [1.807, 2.05) is 22.6 Å². The number of hydrogen-bond acceptors (Lipinski definition) is 5. The number of hydrogen-bond donors (Lipinski definition) is 0. The third kappa shape index (κ3) is 4.69. The molecule has 1 aromatic heterocycles. The second-order valence-corrected chi connectivity index (χ2v) is 4.61. The van der Waals surface area contributed by atoms with E-state index in [2.05, 4.69) is 9.72 Å². The maximum atomic E-state index is 12.3. The lowest BCUT2D eigenvalue weighted by Crippen LogP contribution is -2.19. The van der Waals surface area contributed by atoms with E-state index in [4.69, 9.17) is 9.47 Å². The fourth-order valence-electron chi connectivity index (χ4n) is 1.40. The standard InChI is InChI=1S/C11H11F3INO4/c1-3-19-8(17)4-6-7(15)5-16-10(9(6)18-2)20-11(12,13)14/h5H,3-4H2,1-2H3. The van der Waals surface area contributed by atoms with Crippen LogP contribution in [-0.2, 0) is 16.0 Å². The predicted octanol–water partition coefficient (Wildman–Crippen LogP) is 2.70. The molecule has 1 heterocycles. The number of nitrogens with zero attached hydrogens (tertiary/aromatic N) is 1. The van der Waals surface area contributed by atoms with E-state index >= 15 is 0 Å². The van der Waals surface area contributed by atoms with Crippen LogP contribution in [0.2, 0.25) is 0 Å². The van der Waals surface area contributed by atoms with E-state index in [0.29, 0.717) is 3.57 Å². The van der Waals surface area contributed by atoms with Crippen molar-refractivity contribution in [3.05, 3.63) is 15.3 Å². The number of carbonyl (C=O) groups excluding carboxylic acids is 1. The number of alkyl halides is 3. The third-order valence-electron chi connectivity index (χ3n) is 2.09. The number of aromatic nitrogens is 1. The molecule has 0 aliphatic rings. The lowest BCUT2D eigenvalue weighted by atomic mass is 10.2. The van der Waals surface area contributed by atoms with Crippen molar-refractivity contribution in [3.63, 3.8) is 0 Å².